The number of piperidine rings is 1. The maximum atomic E-state index is 12.7. The molecule has 162 valence electrons. The summed E-state index contributed by atoms with van der Waals surface area (Å²) in [5.74, 6) is 0.329. The van der Waals surface area contributed by atoms with Gasteiger partial charge in [-0.3, -0.25) is 4.79 Å². The van der Waals surface area contributed by atoms with Crippen LogP contribution in [-0.4, -0.2) is 44.9 Å². The Morgan fingerprint density at radius 2 is 1.90 bits per heavy atom. The number of benzene rings is 2. The zero-order chi connectivity index (χ0) is 21.6. The van der Waals surface area contributed by atoms with E-state index in [4.69, 9.17) is 16.3 Å². The summed E-state index contributed by atoms with van der Waals surface area (Å²) >= 11 is 6.03. The summed E-state index contributed by atoms with van der Waals surface area (Å²) in [6, 6.07) is 14.7. The van der Waals surface area contributed by atoms with Crippen LogP contribution in [0.15, 0.2) is 48.5 Å². The third kappa shape index (κ3) is 6.20. The van der Waals surface area contributed by atoms with Gasteiger partial charge in [-0.05, 0) is 37.5 Å². The van der Waals surface area contributed by atoms with Gasteiger partial charge in [0.2, 0.25) is 15.9 Å². The summed E-state index contributed by atoms with van der Waals surface area (Å²) in [6.07, 6.45) is 1.04. The summed E-state index contributed by atoms with van der Waals surface area (Å²) in [5.41, 5.74) is 1.82. The first-order chi connectivity index (χ1) is 14.3. The van der Waals surface area contributed by atoms with Gasteiger partial charge >= 0.3 is 0 Å². The van der Waals surface area contributed by atoms with E-state index in [1.807, 2.05) is 43.3 Å². The minimum atomic E-state index is -3.39. The Labute approximate surface area is 183 Å². The second kappa shape index (κ2) is 10.3. The Bertz CT molecular complexity index is 973. The number of para-hydroxylation sites is 1. The van der Waals surface area contributed by atoms with Crippen molar-refractivity contribution in [2.75, 3.05) is 26.2 Å². The quantitative estimate of drug-likeness (QED) is 0.625. The molecule has 0 aromatic heterocycles. The van der Waals surface area contributed by atoms with Gasteiger partial charge in [0, 0.05) is 19.0 Å². The van der Waals surface area contributed by atoms with Gasteiger partial charge in [-0.2, -0.15) is 0 Å². The number of carbonyl (C=O) groups excluding carboxylic acids is 1. The van der Waals surface area contributed by atoms with Crippen molar-refractivity contribution >= 4 is 27.5 Å². The van der Waals surface area contributed by atoms with Gasteiger partial charge in [-0.1, -0.05) is 53.6 Å². The zero-order valence-electron chi connectivity index (χ0n) is 17.0. The van der Waals surface area contributed by atoms with Crippen molar-refractivity contribution in [1.82, 2.24) is 9.62 Å². The number of nitrogens with zero attached hydrogens (tertiary/aromatic N) is 1. The van der Waals surface area contributed by atoms with Gasteiger partial charge in [-0.15, -0.1) is 0 Å². The van der Waals surface area contributed by atoms with Crippen LogP contribution in [0.1, 0.15) is 24.0 Å². The topological polar surface area (TPSA) is 75.7 Å². The second-order valence-electron chi connectivity index (χ2n) is 7.49. The molecule has 0 spiro atoms. The van der Waals surface area contributed by atoms with Gasteiger partial charge in [0.15, 0.2) is 0 Å². The van der Waals surface area contributed by atoms with Gasteiger partial charge in [0.25, 0.3) is 0 Å². The number of amides is 1. The summed E-state index contributed by atoms with van der Waals surface area (Å²) in [6.45, 7) is 3.36. The van der Waals surface area contributed by atoms with E-state index in [0.717, 1.165) is 11.1 Å². The van der Waals surface area contributed by atoms with Crippen LogP contribution >= 0.6 is 11.6 Å². The Kier molecular flexibility index (Phi) is 7.75. The van der Waals surface area contributed by atoms with Crippen molar-refractivity contribution in [3.8, 4) is 5.75 Å². The summed E-state index contributed by atoms with van der Waals surface area (Å²) in [4.78, 5) is 12.4. The minimum absolute atomic E-state index is 0.00900. The monoisotopic (exact) mass is 450 g/mol. The van der Waals surface area contributed by atoms with Crippen LogP contribution in [0.4, 0.5) is 0 Å². The van der Waals surface area contributed by atoms with Crippen LogP contribution in [-0.2, 0) is 20.6 Å². The fourth-order valence-electron chi connectivity index (χ4n) is 3.54. The fraction of sp³-hybridized carbons (Fsp3) is 0.409. The fourth-order valence-corrected chi connectivity index (χ4v) is 5.28. The lowest BCUT2D eigenvalue weighted by molar-refractivity contribution is -0.126. The number of nitrogens with one attached hydrogen (secondary N) is 1. The third-order valence-electron chi connectivity index (χ3n) is 5.15. The smallest absolute Gasteiger partial charge is 0.223 e. The third-order valence-corrected chi connectivity index (χ3v) is 7.31. The maximum absolute atomic E-state index is 12.7. The van der Waals surface area contributed by atoms with Gasteiger partial charge in [0.1, 0.15) is 12.4 Å². The number of carbonyl (C=O) groups is 1. The molecule has 1 fully saturated rings. The van der Waals surface area contributed by atoms with E-state index in [9.17, 15) is 13.2 Å². The van der Waals surface area contributed by atoms with Crippen molar-refractivity contribution in [2.24, 2.45) is 5.92 Å². The van der Waals surface area contributed by atoms with Crippen LogP contribution < -0.4 is 10.1 Å². The first-order valence-electron chi connectivity index (χ1n) is 10.0. The predicted molar refractivity (Wildman–Crippen MR) is 118 cm³/mol. The molecule has 1 aliphatic heterocycles. The molecule has 1 heterocycles. The molecule has 0 atom stereocenters. The van der Waals surface area contributed by atoms with Crippen molar-refractivity contribution in [3.63, 3.8) is 0 Å². The molecule has 0 bridgehead atoms. The van der Waals surface area contributed by atoms with E-state index in [1.165, 1.54) is 4.31 Å². The highest BCUT2D eigenvalue weighted by Crippen LogP contribution is 2.23. The number of hydrogen-bond donors (Lipinski definition) is 1. The van der Waals surface area contributed by atoms with Crippen LogP contribution in [0.25, 0.3) is 0 Å². The molecule has 1 saturated heterocycles. The molecule has 8 heteroatoms. The molecule has 0 radical (unpaired) electrons. The summed E-state index contributed by atoms with van der Waals surface area (Å²) in [5, 5.41) is 3.40. The van der Waals surface area contributed by atoms with Gasteiger partial charge in [0.05, 0.1) is 17.3 Å². The number of halogens is 1. The molecule has 0 unspecified atom stereocenters. The second-order valence-corrected chi connectivity index (χ2v) is 9.86. The number of aryl methyl sites for hydroxylation is 1. The standard InChI is InChI=1S/C22H27ClN2O4S/c1-17-5-4-6-18(15-17)16-30(27,28)25-12-9-19(10-13-25)22(26)24-11-14-29-21-8-3-2-7-20(21)23/h2-8,15,19H,9-14,16H2,1H3,(H,24,26). The van der Waals surface area contributed by atoms with Crippen LogP contribution in [0.5, 0.6) is 5.75 Å². The van der Waals surface area contributed by atoms with Crippen LogP contribution in [0, 0.1) is 12.8 Å². The molecule has 6 nitrogen and oxygen atoms in total. The highest BCUT2D eigenvalue weighted by Gasteiger charge is 2.31. The molecular formula is C22H27ClN2O4S. The molecule has 0 aliphatic carbocycles. The molecule has 30 heavy (non-hydrogen) atoms. The molecule has 0 saturated carbocycles. The Morgan fingerprint density at radius 1 is 1.17 bits per heavy atom. The van der Waals surface area contributed by atoms with Crippen molar-refractivity contribution in [1.29, 1.82) is 0 Å². The number of rotatable bonds is 8. The van der Waals surface area contributed by atoms with Gasteiger partial charge < -0.3 is 10.1 Å². The minimum Gasteiger partial charge on any atom is -0.490 e. The van der Waals surface area contributed by atoms with E-state index in [-0.39, 0.29) is 17.6 Å². The molecule has 3 rings (SSSR count). The number of sulfonamides is 1. The number of hydrogen-bond acceptors (Lipinski definition) is 4. The lowest BCUT2D eigenvalue weighted by Crippen LogP contribution is -2.43. The highest BCUT2D eigenvalue weighted by atomic mass is 35.5. The van der Waals surface area contributed by atoms with Crippen LogP contribution in [0.2, 0.25) is 5.02 Å². The van der Waals surface area contributed by atoms with Crippen molar-refractivity contribution in [3.05, 3.63) is 64.7 Å². The number of ether oxygens (including phenoxy) is 1. The Hall–Kier alpha value is -2.09. The van der Waals surface area contributed by atoms with E-state index in [2.05, 4.69) is 5.32 Å². The highest BCUT2D eigenvalue weighted by molar-refractivity contribution is 7.88. The van der Waals surface area contributed by atoms with Crippen molar-refractivity contribution < 1.29 is 17.9 Å². The SMILES string of the molecule is Cc1cccc(CS(=O)(=O)N2CCC(C(=O)NCCOc3ccccc3Cl)CC2)c1. The maximum Gasteiger partial charge on any atom is 0.223 e. The molecule has 2 aromatic rings. The molecule has 1 aliphatic rings. The van der Waals surface area contributed by atoms with Crippen LogP contribution in [0.3, 0.4) is 0 Å². The Morgan fingerprint density at radius 3 is 2.60 bits per heavy atom. The molecule has 1 N–H and O–H groups in total. The van der Waals surface area contributed by atoms with E-state index in [0.29, 0.717) is 49.9 Å². The summed E-state index contributed by atoms with van der Waals surface area (Å²) in [7, 11) is -3.39. The molecule has 1 amide bonds. The van der Waals surface area contributed by atoms with E-state index in [1.54, 1.807) is 12.1 Å². The van der Waals surface area contributed by atoms with Crippen molar-refractivity contribution in [2.45, 2.75) is 25.5 Å². The first-order valence-corrected chi connectivity index (χ1v) is 12.0. The normalized spacial score (nSPS) is 15.7. The molecular weight excluding hydrogens is 424 g/mol. The largest absolute Gasteiger partial charge is 0.490 e. The van der Waals surface area contributed by atoms with E-state index >= 15 is 0 Å². The lowest BCUT2D eigenvalue weighted by atomic mass is 9.97. The van der Waals surface area contributed by atoms with Gasteiger partial charge in [-0.25, -0.2) is 12.7 Å². The lowest BCUT2D eigenvalue weighted by Gasteiger charge is -2.30. The average molecular weight is 451 g/mol. The summed E-state index contributed by atoms with van der Waals surface area (Å²) < 4.78 is 32.5. The predicted octanol–water partition coefficient (Wildman–Crippen LogP) is 3.39. The average Bonchev–Trinajstić information content (AvgIpc) is 2.72. The van der Waals surface area contributed by atoms with E-state index < -0.39 is 10.0 Å². The Balaban J connectivity index is 1.42. The molecule has 2 aromatic carbocycles. The zero-order valence-corrected chi connectivity index (χ0v) is 18.6. The first kappa shape index (κ1) is 22.6.